The Morgan fingerprint density at radius 1 is 1.62 bits per heavy atom. The first-order chi connectivity index (χ1) is 6.15. The Balaban J connectivity index is 2.99. The van der Waals surface area contributed by atoms with Crippen molar-refractivity contribution in [2.75, 3.05) is 12.0 Å². The van der Waals surface area contributed by atoms with Crippen LogP contribution >= 0.6 is 39.3 Å². The monoisotopic (exact) mass is 278 g/mol. The minimum Gasteiger partial charge on any atom is -0.293 e. The highest BCUT2D eigenvalue weighted by atomic mass is 79.9. The standard InChI is InChI=1S/C9H8BrClOS/c1-13-5-9(12)7-4-6(10)2-3-8(7)11/h2-4H,5H2,1H3. The Kier molecular flexibility index (Phi) is 4.29. The van der Waals surface area contributed by atoms with E-state index in [1.165, 1.54) is 11.8 Å². The van der Waals surface area contributed by atoms with Gasteiger partial charge in [-0.25, -0.2) is 0 Å². The van der Waals surface area contributed by atoms with Crippen molar-refractivity contribution in [2.45, 2.75) is 0 Å². The van der Waals surface area contributed by atoms with Crippen LogP contribution in [-0.4, -0.2) is 17.8 Å². The van der Waals surface area contributed by atoms with Gasteiger partial charge in [-0.3, -0.25) is 4.79 Å². The van der Waals surface area contributed by atoms with Gasteiger partial charge in [-0.2, -0.15) is 11.8 Å². The third kappa shape index (κ3) is 3.01. The van der Waals surface area contributed by atoms with Crippen LogP contribution in [0.15, 0.2) is 22.7 Å². The van der Waals surface area contributed by atoms with Gasteiger partial charge in [0.1, 0.15) is 0 Å². The summed E-state index contributed by atoms with van der Waals surface area (Å²) in [5, 5.41) is 0.516. The molecule has 0 atom stereocenters. The molecule has 0 aromatic heterocycles. The molecule has 0 saturated heterocycles. The smallest absolute Gasteiger partial charge is 0.174 e. The van der Waals surface area contributed by atoms with Crippen molar-refractivity contribution >= 4 is 45.1 Å². The summed E-state index contributed by atoms with van der Waals surface area (Å²) in [6, 6.07) is 5.29. The Hall–Kier alpha value is 0.01000. The molecule has 70 valence electrons. The lowest BCUT2D eigenvalue weighted by Gasteiger charge is -2.02. The van der Waals surface area contributed by atoms with Gasteiger partial charge in [0.2, 0.25) is 0 Å². The Morgan fingerprint density at radius 2 is 2.31 bits per heavy atom. The van der Waals surface area contributed by atoms with Crippen LogP contribution in [0.25, 0.3) is 0 Å². The number of hydrogen-bond acceptors (Lipinski definition) is 2. The second kappa shape index (κ2) is 5.03. The van der Waals surface area contributed by atoms with E-state index in [9.17, 15) is 4.79 Å². The second-order valence-electron chi connectivity index (χ2n) is 2.48. The minimum absolute atomic E-state index is 0.0683. The van der Waals surface area contributed by atoms with Gasteiger partial charge in [0.05, 0.1) is 10.8 Å². The number of carbonyl (C=O) groups excluding carboxylic acids is 1. The molecule has 0 aliphatic rings. The van der Waals surface area contributed by atoms with Crippen LogP contribution in [0, 0.1) is 0 Å². The van der Waals surface area contributed by atoms with Gasteiger partial charge in [-0.05, 0) is 24.5 Å². The number of carbonyl (C=O) groups is 1. The van der Waals surface area contributed by atoms with Crippen molar-refractivity contribution in [1.29, 1.82) is 0 Å². The van der Waals surface area contributed by atoms with E-state index in [4.69, 9.17) is 11.6 Å². The van der Waals surface area contributed by atoms with Gasteiger partial charge >= 0.3 is 0 Å². The minimum atomic E-state index is 0.0683. The van der Waals surface area contributed by atoms with Gasteiger partial charge in [0.15, 0.2) is 5.78 Å². The molecule has 0 heterocycles. The van der Waals surface area contributed by atoms with Crippen LogP contribution in [0.2, 0.25) is 5.02 Å². The maximum atomic E-state index is 11.5. The molecule has 1 rings (SSSR count). The van der Waals surface area contributed by atoms with Crippen LogP contribution in [0.3, 0.4) is 0 Å². The Labute approximate surface area is 95.0 Å². The molecule has 0 unspecified atom stereocenters. The lowest BCUT2D eigenvalue weighted by atomic mass is 10.1. The zero-order valence-corrected chi connectivity index (χ0v) is 10.2. The topological polar surface area (TPSA) is 17.1 Å². The normalized spacial score (nSPS) is 10.1. The van der Waals surface area contributed by atoms with Gasteiger partial charge in [0.25, 0.3) is 0 Å². The first-order valence-corrected chi connectivity index (χ1v) is 6.19. The molecule has 0 N–H and O–H groups in total. The molecule has 0 aliphatic carbocycles. The van der Waals surface area contributed by atoms with E-state index < -0.39 is 0 Å². The molecule has 0 fully saturated rings. The number of halogens is 2. The summed E-state index contributed by atoms with van der Waals surface area (Å²) in [7, 11) is 0. The lowest BCUT2D eigenvalue weighted by Crippen LogP contribution is -2.02. The van der Waals surface area contributed by atoms with Crippen molar-refractivity contribution in [2.24, 2.45) is 0 Å². The molecule has 13 heavy (non-hydrogen) atoms. The molecule has 0 spiro atoms. The molecule has 0 radical (unpaired) electrons. The lowest BCUT2D eigenvalue weighted by molar-refractivity contribution is 0.102. The first-order valence-electron chi connectivity index (χ1n) is 3.62. The van der Waals surface area contributed by atoms with Crippen molar-refractivity contribution in [3.05, 3.63) is 33.3 Å². The average Bonchev–Trinajstić information content (AvgIpc) is 2.09. The van der Waals surface area contributed by atoms with Crippen molar-refractivity contribution in [3.63, 3.8) is 0 Å². The molecule has 0 bridgehead atoms. The summed E-state index contributed by atoms with van der Waals surface area (Å²) in [5.41, 5.74) is 0.588. The predicted octanol–water partition coefficient (Wildman–Crippen LogP) is 3.65. The fraction of sp³-hybridized carbons (Fsp3) is 0.222. The third-order valence-corrected chi connectivity index (χ3v) is 2.88. The first kappa shape index (κ1) is 11.1. The van der Waals surface area contributed by atoms with Crippen LogP contribution in [-0.2, 0) is 0 Å². The van der Waals surface area contributed by atoms with Crippen LogP contribution in [0.5, 0.6) is 0 Å². The highest BCUT2D eigenvalue weighted by Gasteiger charge is 2.09. The number of rotatable bonds is 3. The quantitative estimate of drug-likeness (QED) is 0.786. The van der Waals surface area contributed by atoms with Gasteiger partial charge in [0, 0.05) is 10.0 Å². The summed E-state index contributed by atoms with van der Waals surface area (Å²) >= 11 is 10.7. The summed E-state index contributed by atoms with van der Waals surface area (Å²) in [4.78, 5) is 11.5. The fourth-order valence-electron chi connectivity index (χ4n) is 0.920. The summed E-state index contributed by atoms with van der Waals surface area (Å²) < 4.78 is 0.876. The van der Waals surface area contributed by atoms with E-state index in [0.29, 0.717) is 16.3 Å². The molecule has 1 nitrogen and oxygen atoms in total. The number of Topliss-reactive ketones (excluding diaryl/α,β-unsaturated/α-hetero) is 1. The predicted molar refractivity (Wildman–Crippen MR) is 61.9 cm³/mol. The van der Waals surface area contributed by atoms with Gasteiger partial charge < -0.3 is 0 Å². The molecule has 1 aromatic rings. The van der Waals surface area contributed by atoms with Gasteiger partial charge in [-0.15, -0.1) is 0 Å². The molecule has 0 aliphatic heterocycles. The molecular formula is C9H8BrClOS. The van der Waals surface area contributed by atoms with Crippen molar-refractivity contribution in [3.8, 4) is 0 Å². The molecule has 4 heteroatoms. The summed E-state index contributed by atoms with van der Waals surface area (Å²) in [6.45, 7) is 0. The van der Waals surface area contributed by atoms with E-state index in [1.54, 1.807) is 12.1 Å². The maximum absolute atomic E-state index is 11.5. The van der Waals surface area contributed by atoms with Crippen LogP contribution in [0.4, 0.5) is 0 Å². The van der Waals surface area contributed by atoms with Crippen molar-refractivity contribution in [1.82, 2.24) is 0 Å². The summed E-state index contributed by atoms with van der Waals surface area (Å²) in [5.74, 6) is 0.537. The maximum Gasteiger partial charge on any atom is 0.174 e. The second-order valence-corrected chi connectivity index (χ2v) is 4.67. The number of ketones is 1. The Bertz CT molecular complexity index is 327. The van der Waals surface area contributed by atoms with E-state index >= 15 is 0 Å². The largest absolute Gasteiger partial charge is 0.293 e. The van der Waals surface area contributed by atoms with E-state index in [1.807, 2.05) is 12.3 Å². The highest BCUT2D eigenvalue weighted by molar-refractivity contribution is 9.10. The van der Waals surface area contributed by atoms with E-state index in [-0.39, 0.29) is 5.78 Å². The highest BCUT2D eigenvalue weighted by Crippen LogP contribution is 2.22. The average molecular weight is 280 g/mol. The number of benzene rings is 1. The molecule has 0 saturated carbocycles. The zero-order valence-electron chi connectivity index (χ0n) is 7.01. The fourth-order valence-corrected chi connectivity index (χ4v) is 1.92. The number of hydrogen-bond donors (Lipinski definition) is 0. The van der Waals surface area contributed by atoms with E-state index in [2.05, 4.69) is 15.9 Å². The SMILES string of the molecule is CSCC(=O)c1cc(Br)ccc1Cl. The van der Waals surface area contributed by atoms with E-state index in [0.717, 1.165) is 4.47 Å². The van der Waals surface area contributed by atoms with Crippen molar-refractivity contribution < 1.29 is 4.79 Å². The van der Waals surface area contributed by atoms with Crippen LogP contribution < -0.4 is 0 Å². The molecule has 1 aromatic carbocycles. The Morgan fingerprint density at radius 3 is 2.92 bits per heavy atom. The van der Waals surface area contributed by atoms with Gasteiger partial charge in [-0.1, -0.05) is 27.5 Å². The molecular weight excluding hydrogens is 272 g/mol. The zero-order chi connectivity index (χ0) is 9.84. The molecule has 0 amide bonds. The van der Waals surface area contributed by atoms with Crippen LogP contribution in [0.1, 0.15) is 10.4 Å². The third-order valence-electron chi connectivity index (χ3n) is 1.50. The summed E-state index contributed by atoms with van der Waals surface area (Å²) in [6.07, 6.45) is 1.89. The number of thioether (sulfide) groups is 1.